The fourth-order valence-electron chi connectivity index (χ4n) is 0.560. The molecule has 0 rings (SSSR count). The Balaban J connectivity index is 3.64. The van der Waals surface area contributed by atoms with Crippen LogP contribution in [0.5, 0.6) is 0 Å². The zero-order valence-corrected chi connectivity index (χ0v) is 9.74. The minimum absolute atomic E-state index is 0.0426. The van der Waals surface area contributed by atoms with Crippen molar-refractivity contribution in [3.8, 4) is 0 Å². The molecule has 0 saturated carbocycles. The van der Waals surface area contributed by atoms with Crippen LogP contribution in [0.25, 0.3) is 0 Å². The van der Waals surface area contributed by atoms with Gasteiger partial charge in [0.15, 0.2) is 0 Å². The summed E-state index contributed by atoms with van der Waals surface area (Å²) in [6.45, 7) is 2.06. The molecule has 0 aliphatic heterocycles. The van der Waals surface area contributed by atoms with Crippen molar-refractivity contribution in [2.24, 2.45) is 0 Å². The summed E-state index contributed by atoms with van der Waals surface area (Å²) in [5.41, 5.74) is 0. The lowest BCUT2D eigenvalue weighted by Gasteiger charge is -2.11. The lowest BCUT2D eigenvalue weighted by Crippen LogP contribution is -2.03. The van der Waals surface area contributed by atoms with Gasteiger partial charge in [0.25, 0.3) is 0 Å². The van der Waals surface area contributed by atoms with Gasteiger partial charge in [-0.1, -0.05) is 0 Å². The number of phosphoric acid groups is 1. The molecular formula is C5H14O7P2. The van der Waals surface area contributed by atoms with Crippen LogP contribution < -0.4 is 0 Å². The maximum Gasteiger partial charge on any atom is 0.472 e. The lowest BCUT2D eigenvalue weighted by molar-refractivity contribution is 0.129. The van der Waals surface area contributed by atoms with Gasteiger partial charge in [-0.2, -0.15) is 0 Å². The largest absolute Gasteiger partial charge is 0.472 e. The second-order valence-electron chi connectivity index (χ2n) is 2.36. The molecule has 9 heteroatoms. The molecule has 0 bridgehead atoms. The first-order valence-electron chi connectivity index (χ1n) is 3.83. The summed E-state index contributed by atoms with van der Waals surface area (Å²) in [4.78, 5) is 17.5. The second-order valence-corrected chi connectivity index (χ2v) is 5.67. The van der Waals surface area contributed by atoms with Crippen LogP contribution in [0.3, 0.4) is 0 Å². The van der Waals surface area contributed by atoms with E-state index < -0.39 is 15.4 Å². The molecule has 14 heavy (non-hydrogen) atoms. The fraction of sp³-hybridized carbons (Fsp3) is 1.00. The van der Waals surface area contributed by atoms with Crippen molar-refractivity contribution in [2.75, 3.05) is 26.5 Å². The van der Waals surface area contributed by atoms with Crippen molar-refractivity contribution in [2.45, 2.75) is 6.92 Å². The molecule has 0 heterocycles. The summed E-state index contributed by atoms with van der Waals surface area (Å²) < 4.78 is 34.6. The SMILES string of the molecule is CCOP(=O)(O)OCCOP(C)(=O)O. The van der Waals surface area contributed by atoms with Crippen LogP contribution in [0.1, 0.15) is 6.92 Å². The van der Waals surface area contributed by atoms with E-state index in [1.807, 2.05) is 0 Å². The van der Waals surface area contributed by atoms with Gasteiger partial charge in [0.2, 0.25) is 0 Å². The van der Waals surface area contributed by atoms with Gasteiger partial charge >= 0.3 is 15.4 Å². The number of rotatable bonds is 7. The molecule has 0 aromatic carbocycles. The summed E-state index contributed by atoms with van der Waals surface area (Å²) in [6, 6.07) is 0. The third-order valence-electron chi connectivity index (χ3n) is 0.961. The Labute approximate surface area is 82.1 Å². The van der Waals surface area contributed by atoms with E-state index in [1.54, 1.807) is 0 Å². The molecule has 0 spiro atoms. The molecule has 0 fully saturated rings. The Kier molecular flexibility index (Phi) is 6.09. The second kappa shape index (κ2) is 5.98. The number of hydrogen-bond donors (Lipinski definition) is 2. The van der Waals surface area contributed by atoms with E-state index in [4.69, 9.17) is 9.79 Å². The third-order valence-corrected chi connectivity index (χ3v) is 2.72. The zero-order valence-electron chi connectivity index (χ0n) is 7.95. The van der Waals surface area contributed by atoms with Gasteiger partial charge in [-0.15, -0.1) is 0 Å². The smallest absolute Gasteiger partial charge is 0.324 e. The normalized spacial score (nSPS) is 20.0. The van der Waals surface area contributed by atoms with Gasteiger partial charge in [-0.3, -0.25) is 13.6 Å². The number of hydrogen-bond acceptors (Lipinski definition) is 5. The Hall–Kier alpha value is 0.260. The van der Waals surface area contributed by atoms with Gasteiger partial charge < -0.3 is 14.3 Å². The molecule has 0 radical (unpaired) electrons. The maximum absolute atomic E-state index is 10.9. The van der Waals surface area contributed by atoms with Crippen LogP contribution >= 0.6 is 15.4 Å². The first-order valence-corrected chi connectivity index (χ1v) is 7.35. The van der Waals surface area contributed by atoms with E-state index in [2.05, 4.69) is 13.6 Å². The molecule has 0 aromatic heterocycles. The van der Waals surface area contributed by atoms with Crippen molar-refractivity contribution in [1.29, 1.82) is 0 Å². The summed E-state index contributed by atoms with van der Waals surface area (Å²) in [5, 5.41) is 0. The van der Waals surface area contributed by atoms with Gasteiger partial charge in [-0.05, 0) is 6.92 Å². The van der Waals surface area contributed by atoms with E-state index >= 15 is 0 Å². The molecule has 2 N–H and O–H groups in total. The summed E-state index contributed by atoms with van der Waals surface area (Å²) in [5.74, 6) is 0. The molecule has 0 aromatic rings. The highest BCUT2D eigenvalue weighted by Gasteiger charge is 2.20. The van der Waals surface area contributed by atoms with Crippen LogP contribution in [0.15, 0.2) is 0 Å². The predicted molar refractivity (Wildman–Crippen MR) is 49.1 cm³/mol. The number of phosphoric ester groups is 1. The van der Waals surface area contributed by atoms with Crippen LogP contribution in [0.4, 0.5) is 0 Å². The molecule has 0 aliphatic rings. The Morgan fingerprint density at radius 1 is 1.07 bits per heavy atom. The van der Waals surface area contributed by atoms with Gasteiger partial charge in [-0.25, -0.2) is 4.57 Å². The van der Waals surface area contributed by atoms with E-state index in [9.17, 15) is 9.13 Å². The Bertz CT molecular complexity index is 246. The third kappa shape index (κ3) is 8.84. The molecule has 2 unspecified atom stereocenters. The first kappa shape index (κ1) is 14.3. The molecule has 0 amide bonds. The Morgan fingerprint density at radius 3 is 2.00 bits per heavy atom. The van der Waals surface area contributed by atoms with Crippen LogP contribution in [-0.4, -0.2) is 36.3 Å². The summed E-state index contributed by atoms with van der Waals surface area (Å²) in [6.07, 6.45) is 0. The lowest BCUT2D eigenvalue weighted by atomic mass is 10.8. The van der Waals surface area contributed by atoms with Gasteiger partial charge in [0, 0.05) is 6.66 Å². The van der Waals surface area contributed by atoms with Crippen molar-refractivity contribution in [3.63, 3.8) is 0 Å². The van der Waals surface area contributed by atoms with Crippen molar-refractivity contribution in [3.05, 3.63) is 0 Å². The van der Waals surface area contributed by atoms with Crippen LogP contribution in [0, 0.1) is 0 Å². The fourth-order valence-corrected chi connectivity index (χ4v) is 1.68. The summed E-state index contributed by atoms with van der Waals surface area (Å²) in [7, 11) is -7.58. The topological polar surface area (TPSA) is 102 Å². The van der Waals surface area contributed by atoms with Crippen LogP contribution in [-0.2, 0) is 22.7 Å². The van der Waals surface area contributed by atoms with E-state index in [1.165, 1.54) is 6.92 Å². The minimum atomic E-state index is -4.03. The van der Waals surface area contributed by atoms with Crippen molar-refractivity contribution < 1.29 is 32.5 Å². The summed E-state index contributed by atoms with van der Waals surface area (Å²) >= 11 is 0. The molecule has 0 saturated heterocycles. The molecule has 86 valence electrons. The van der Waals surface area contributed by atoms with E-state index in [0.717, 1.165) is 6.66 Å². The van der Waals surface area contributed by atoms with Crippen molar-refractivity contribution in [1.82, 2.24) is 0 Å². The predicted octanol–water partition coefficient (Wildman–Crippen LogP) is 0.972. The monoisotopic (exact) mass is 248 g/mol. The van der Waals surface area contributed by atoms with Crippen LogP contribution in [0.2, 0.25) is 0 Å². The highest BCUT2D eigenvalue weighted by Crippen LogP contribution is 2.43. The van der Waals surface area contributed by atoms with Crippen molar-refractivity contribution >= 4 is 15.4 Å². The maximum atomic E-state index is 10.9. The molecule has 7 nitrogen and oxygen atoms in total. The van der Waals surface area contributed by atoms with E-state index in [0.29, 0.717) is 0 Å². The molecule has 2 atom stereocenters. The first-order chi connectivity index (χ1) is 6.27. The van der Waals surface area contributed by atoms with Gasteiger partial charge in [0.05, 0.1) is 19.8 Å². The highest BCUT2D eigenvalue weighted by atomic mass is 31.2. The standard InChI is InChI=1S/C5H14O7P2/c1-3-10-14(8,9)12-5-4-11-13(2,6)7/h3-5H2,1-2H3,(H,6,7)(H,8,9). The average Bonchev–Trinajstić information content (AvgIpc) is 1.96. The zero-order chi connectivity index (χ0) is 11.2. The molecule has 0 aliphatic carbocycles. The minimum Gasteiger partial charge on any atom is -0.324 e. The quantitative estimate of drug-likeness (QED) is 0.511. The molecular weight excluding hydrogens is 234 g/mol. The van der Waals surface area contributed by atoms with E-state index in [-0.39, 0.29) is 19.8 Å². The highest BCUT2D eigenvalue weighted by molar-refractivity contribution is 7.51. The Morgan fingerprint density at radius 2 is 1.57 bits per heavy atom. The van der Waals surface area contributed by atoms with Gasteiger partial charge in [0.1, 0.15) is 0 Å². The average molecular weight is 248 g/mol.